The molecule has 6 heteroatoms. The molecule has 0 spiro atoms. The number of benzene rings is 1. The summed E-state index contributed by atoms with van der Waals surface area (Å²) in [5.41, 5.74) is 4.02. The number of likely N-dealkylation sites (N-methyl/N-ethyl adjacent to an activating group) is 1. The molecule has 0 aliphatic carbocycles. The van der Waals surface area contributed by atoms with Crippen LogP contribution in [0.1, 0.15) is 28.3 Å². The standard InChI is InChI=1S/C21H24N4O2/c1-25-12-18(14-6-4-3-5-7-14)19(13-25)24-20(26)9-16-8-15-10-23-21(27-2)17(15)11-22-16/h3-8,11,18-19H,9-10,12-13H2,1-2H3,(H,24,26)/t18-,19+/m1/s1. The van der Waals surface area contributed by atoms with Crippen LogP contribution >= 0.6 is 0 Å². The first kappa shape index (κ1) is 17.7. The molecular formula is C21H24N4O2. The van der Waals surface area contributed by atoms with Crippen LogP contribution in [0.2, 0.25) is 0 Å². The lowest BCUT2D eigenvalue weighted by atomic mass is 9.94. The number of ether oxygens (including phenoxy) is 1. The van der Waals surface area contributed by atoms with E-state index in [0.717, 1.165) is 29.9 Å². The number of aromatic nitrogens is 1. The molecule has 1 aromatic carbocycles. The number of hydrogen-bond acceptors (Lipinski definition) is 5. The molecule has 140 valence electrons. The summed E-state index contributed by atoms with van der Waals surface area (Å²) in [5.74, 6) is 0.938. The van der Waals surface area contributed by atoms with Crippen LogP contribution in [0.25, 0.3) is 0 Å². The number of methoxy groups -OCH3 is 1. The second-order valence-corrected chi connectivity index (χ2v) is 7.25. The van der Waals surface area contributed by atoms with Crippen LogP contribution in [0.3, 0.4) is 0 Å². The van der Waals surface area contributed by atoms with Gasteiger partial charge in [-0.2, -0.15) is 0 Å². The Balaban J connectivity index is 1.42. The number of fused-ring (bicyclic) bond motifs is 1. The maximum atomic E-state index is 12.6. The number of likely N-dealkylation sites (tertiary alicyclic amines) is 1. The van der Waals surface area contributed by atoms with Crippen molar-refractivity contribution >= 4 is 11.8 Å². The first-order valence-electron chi connectivity index (χ1n) is 9.23. The van der Waals surface area contributed by atoms with Gasteiger partial charge in [0.2, 0.25) is 11.8 Å². The van der Waals surface area contributed by atoms with Crippen molar-refractivity contribution in [3.8, 4) is 0 Å². The predicted octanol–water partition coefficient (Wildman–Crippen LogP) is 1.74. The van der Waals surface area contributed by atoms with Crippen LogP contribution in [0, 0.1) is 0 Å². The zero-order valence-electron chi connectivity index (χ0n) is 15.7. The van der Waals surface area contributed by atoms with Crippen molar-refractivity contribution in [3.05, 3.63) is 65.0 Å². The zero-order chi connectivity index (χ0) is 18.8. The average molecular weight is 364 g/mol. The number of pyridine rings is 1. The number of aliphatic imine (C=N–C) groups is 1. The number of rotatable bonds is 4. The lowest BCUT2D eigenvalue weighted by Gasteiger charge is -2.20. The number of amides is 1. The fraction of sp³-hybridized carbons (Fsp3) is 0.381. The highest BCUT2D eigenvalue weighted by Crippen LogP contribution is 2.27. The highest BCUT2D eigenvalue weighted by molar-refractivity contribution is 5.97. The Kier molecular flexibility index (Phi) is 4.90. The molecular weight excluding hydrogens is 340 g/mol. The van der Waals surface area contributed by atoms with Gasteiger partial charge < -0.3 is 15.0 Å². The van der Waals surface area contributed by atoms with Crippen LogP contribution in [-0.4, -0.2) is 55.0 Å². The molecule has 1 saturated heterocycles. The van der Waals surface area contributed by atoms with Gasteiger partial charge in [-0.3, -0.25) is 9.78 Å². The molecule has 1 fully saturated rings. The third-order valence-electron chi connectivity index (χ3n) is 5.28. The fourth-order valence-corrected chi connectivity index (χ4v) is 3.99. The van der Waals surface area contributed by atoms with Gasteiger partial charge in [-0.05, 0) is 24.2 Å². The number of nitrogens with one attached hydrogen (secondary N) is 1. The number of carbonyl (C=O) groups excluding carboxylic acids is 1. The minimum atomic E-state index is 0.00885. The maximum Gasteiger partial charge on any atom is 0.226 e. The van der Waals surface area contributed by atoms with Crippen molar-refractivity contribution < 1.29 is 9.53 Å². The van der Waals surface area contributed by atoms with Gasteiger partial charge in [0.05, 0.1) is 31.3 Å². The lowest BCUT2D eigenvalue weighted by Crippen LogP contribution is -2.40. The Bertz CT molecular complexity index is 866. The van der Waals surface area contributed by atoms with E-state index in [9.17, 15) is 4.79 Å². The molecule has 4 rings (SSSR count). The van der Waals surface area contributed by atoms with E-state index in [1.165, 1.54) is 5.56 Å². The van der Waals surface area contributed by atoms with E-state index >= 15 is 0 Å². The molecule has 0 bridgehead atoms. The van der Waals surface area contributed by atoms with Gasteiger partial charge in [-0.25, -0.2) is 4.99 Å². The van der Waals surface area contributed by atoms with Crippen LogP contribution in [0.4, 0.5) is 0 Å². The van der Waals surface area contributed by atoms with Crippen molar-refractivity contribution in [1.29, 1.82) is 0 Å². The van der Waals surface area contributed by atoms with Gasteiger partial charge in [0.15, 0.2) is 0 Å². The second-order valence-electron chi connectivity index (χ2n) is 7.25. The van der Waals surface area contributed by atoms with E-state index in [0.29, 0.717) is 18.4 Å². The molecule has 27 heavy (non-hydrogen) atoms. The molecule has 0 unspecified atom stereocenters. The van der Waals surface area contributed by atoms with Crippen molar-refractivity contribution in [3.63, 3.8) is 0 Å². The molecule has 0 saturated carbocycles. The van der Waals surface area contributed by atoms with E-state index in [1.807, 2.05) is 12.1 Å². The quantitative estimate of drug-likeness (QED) is 0.898. The van der Waals surface area contributed by atoms with Crippen molar-refractivity contribution in [2.75, 3.05) is 27.2 Å². The number of hydrogen-bond donors (Lipinski definition) is 1. The largest absolute Gasteiger partial charge is 0.481 e. The topological polar surface area (TPSA) is 66.8 Å². The van der Waals surface area contributed by atoms with E-state index in [4.69, 9.17) is 4.74 Å². The summed E-state index contributed by atoms with van der Waals surface area (Å²) >= 11 is 0. The Labute approximate surface area is 159 Å². The Morgan fingerprint density at radius 1 is 1.30 bits per heavy atom. The number of carbonyl (C=O) groups is 1. The lowest BCUT2D eigenvalue weighted by molar-refractivity contribution is -0.121. The third-order valence-corrected chi connectivity index (χ3v) is 5.28. The molecule has 1 amide bonds. The van der Waals surface area contributed by atoms with E-state index in [1.54, 1.807) is 13.3 Å². The van der Waals surface area contributed by atoms with Crippen LogP contribution in [-0.2, 0) is 22.5 Å². The van der Waals surface area contributed by atoms with Gasteiger partial charge in [-0.1, -0.05) is 30.3 Å². The molecule has 2 atom stereocenters. The van der Waals surface area contributed by atoms with Gasteiger partial charge in [0.1, 0.15) is 0 Å². The normalized spacial score (nSPS) is 21.6. The molecule has 2 aliphatic heterocycles. The van der Waals surface area contributed by atoms with E-state index in [-0.39, 0.29) is 18.4 Å². The van der Waals surface area contributed by atoms with Crippen LogP contribution in [0.15, 0.2) is 47.6 Å². The highest BCUT2D eigenvalue weighted by atomic mass is 16.5. The van der Waals surface area contributed by atoms with Gasteiger partial charge in [0.25, 0.3) is 0 Å². The van der Waals surface area contributed by atoms with Gasteiger partial charge in [0, 0.05) is 31.2 Å². The Hall–Kier alpha value is -2.73. The molecule has 2 aliphatic rings. The first-order valence-corrected chi connectivity index (χ1v) is 9.23. The molecule has 6 nitrogen and oxygen atoms in total. The van der Waals surface area contributed by atoms with Crippen molar-refractivity contribution in [1.82, 2.24) is 15.2 Å². The Morgan fingerprint density at radius 3 is 2.89 bits per heavy atom. The van der Waals surface area contributed by atoms with Crippen molar-refractivity contribution in [2.24, 2.45) is 4.99 Å². The summed E-state index contributed by atoms with van der Waals surface area (Å²) in [7, 11) is 3.70. The highest BCUT2D eigenvalue weighted by Gasteiger charge is 2.33. The molecule has 2 aromatic rings. The third kappa shape index (κ3) is 3.71. The smallest absolute Gasteiger partial charge is 0.226 e. The predicted molar refractivity (Wildman–Crippen MR) is 104 cm³/mol. The second kappa shape index (κ2) is 7.48. The van der Waals surface area contributed by atoms with E-state index in [2.05, 4.69) is 51.5 Å². The summed E-state index contributed by atoms with van der Waals surface area (Å²) in [4.78, 5) is 23.7. The summed E-state index contributed by atoms with van der Waals surface area (Å²) < 4.78 is 5.24. The minimum Gasteiger partial charge on any atom is -0.481 e. The zero-order valence-corrected chi connectivity index (χ0v) is 15.7. The van der Waals surface area contributed by atoms with Gasteiger partial charge in [-0.15, -0.1) is 0 Å². The van der Waals surface area contributed by atoms with E-state index < -0.39 is 0 Å². The molecule has 3 heterocycles. The molecule has 1 aromatic heterocycles. The fourth-order valence-electron chi connectivity index (χ4n) is 3.99. The molecule has 0 radical (unpaired) electrons. The van der Waals surface area contributed by atoms with Crippen LogP contribution in [0.5, 0.6) is 0 Å². The summed E-state index contributed by atoms with van der Waals surface area (Å²) in [6.45, 7) is 2.39. The van der Waals surface area contributed by atoms with Crippen molar-refractivity contribution in [2.45, 2.75) is 24.9 Å². The van der Waals surface area contributed by atoms with Gasteiger partial charge >= 0.3 is 0 Å². The summed E-state index contributed by atoms with van der Waals surface area (Å²) in [5, 5.41) is 3.22. The molecule has 1 N–H and O–H groups in total. The summed E-state index contributed by atoms with van der Waals surface area (Å²) in [6.07, 6.45) is 2.03. The first-order chi connectivity index (χ1) is 13.1. The SMILES string of the molecule is COC1=NCc2cc(CC(=O)N[C@H]3CN(C)C[C@@H]3c3ccccc3)ncc21. The Morgan fingerprint density at radius 2 is 2.11 bits per heavy atom. The minimum absolute atomic E-state index is 0.00885. The summed E-state index contributed by atoms with van der Waals surface area (Å²) in [6, 6.07) is 12.5. The maximum absolute atomic E-state index is 12.6. The number of nitrogens with zero attached hydrogens (tertiary/aromatic N) is 3. The van der Waals surface area contributed by atoms with Crippen LogP contribution < -0.4 is 5.32 Å². The monoisotopic (exact) mass is 364 g/mol. The average Bonchev–Trinajstić information content (AvgIpc) is 3.24.